The Bertz CT molecular complexity index is 982. The molecule has 0 saturated carbocycles. The van der Waals surface area contributed by atoms with Crippen LogP contribution < -0.4 is 4.74 Å². The number of hydrogen-bond donors (Lipinski definition) is 0. The van der Waals surface area contributed by atoms with Crippen LogP contribution in [0, 0.1) is 0 Å². The van der Waals surface area contributed by atoms with Crippen molar-refractivity contribution in [2.24, 2.45) is 0 Å². The van der Waals surface area contributed by atoms with Crippen LogP contribution >= 0.6 is 11.8 Å². The second kappa shape index (κ2) is 10.2. The second-order valence-corrected chi connectivity index (χ2v) is 7.92. The molecule has 0 N–H and O–H groups in total. The van der Waals surface area contributed by atoms with Crippen molar-refractivity contribution in [3.05, 3.63) is 53.9 Å². The fourth-order valence-corrected chi connectivity index (χ4v) is 3.96. The minimum absolute atomic E-state index is 0.00887. The maximum absolute atomic E-state index is 5.96. The Kier molecular flexibility index (Phi) is 7.11. The molecule has 2 aromatic heterocycles. The smallest absolute Gasteiger partial charge is 0.217 e. The topological polar surface area (TPSA) is 69.6 Å². The standard InChI is InChI=1S/C22H26N4O3S/c1-27-14-17-11-21(25-22(24-17)30-2)29-15-18-13-26(9-10-28-18)12-16-7-8-23-20-6-4-3-5-19(16)20/h3-8,11,18H,9-10,12-15H2,1-2H3. The number of nitrogens with zero attached hydrogens (tertiary/aromatic N) is 4. The van der Waals surface area contributed by atoms with Crippen molar-refractivity contribution < 1.29 is 14.2 Å². The van der Waals surface area contributed by atoms with Crippen LogP contribution in [0.4, 0.5) is 0 Å². The van der Waals surface area contributed by atoms with Crippen molar-refractivity contribution in [2.45, 2.75) is 24.4 Å². The summed E-state index contributed by atoms with van der Waals surface area (Å²) in [4.78, 5) is 15.7. The lowest BCUT2D eigenvalue weighted by molar-refractivity contribution is -0.0510. The third-order valence-corrected chi connectivity index (χ3v) is 5.53. The van der Waals surface area contributed by atoms with E-state index in [4.69, 9.17) is 14.2 Å². The van der Waals surface area contributed by atoms with Crippen LogP contribution in [0.3, 0.4) is 0 Å². The van der Waals surface area contributed by atoms with Gasteiger partial charge in [0.1, 0.15) is 12.7 Å². The Morgan fingerprint density at radius 1 is 1.23 bits per heavy atom. The summed E-state index contributed by atoms with van der Waals surface area (Å²) >= 11 is 1.48. The molecule has 1 unspecified atom stereocenters. The number of benzene rings is 1. The molecule has 1 aliphatic rings. The first-order chi connectivity index (χ1) is 14.7. The van der Waals surface area contributed by atoms with Crippen LogP contribution in [0.15, 0.2) is 47.8 Å². The van der Waals surface area contributed by atoms with E-state index in [2.05, 4.69) is 44.1 Å². The molecule has 158 valence electrons. The molecule has 30 heavy (non-hydrogen) atoms. The summed E-state index contributed by atoms with van der Waals surface area (Å²) in [6.07, 6.45) is 3.82. The number of ether oxygens (including phenoxy) is 3. The average Bonchev–Trinajstić information content (AvgIpc) is 2.78. The van der Waals surface area contributed by atoms with Gasteiger partial charge in [-0.05, 0) is 24.0 Å². The molecule has 1 aliphatic heterocycles. The summed E-state index contributed by atoms with van der Waals surface area (Å²) in [5.41, 5.74) is 3.12. The maximum atomic E-state index is 5.96. The van der Waals surface area contributed by atoms with Gasteiger partial charge in [-0.1, -0.05) is 30.0 Å². The minimum atomic E-state index is -0.00887. The predicted octanol–water partition coefficient (Wildman–Crippen LogP) is 3.17. The molecule has 8 heteroatoms. The number of thioether (sulfide) groups is 1. The van der Waals surface area contributed by atoms with Crippen LogP contribution in [0.5, 0.6) is 5.88 Å². The van der Waals surface area contributed by atoms with Crippen molar-refractivity contribution in [1.82, 2.24) is 19.9 Å². The highest BCUT2D eigenvalue weighted by Gasteiger charge is 2.22. The molecule has 0 aliphatic carbocycles. The largest absolute Gasteiger partial charge is 0.475 e. The van der Waals surface area contributed by atoms with E-state index in [1.807, 2.05) is 24.6 Å². The van der Waals surface area contributed by atoms with E-state index in [1.54, 1.807) is 7.11 Å². The molecule has 0 radical (unpaired) electrons. The number of para-hydroxylation sites is 1. The summed E-state index contributed by atoms with van der Waals surface area (Å²) in [5.74, 6) is 0.558. The highest BCUT2D eigenvalue weighted by atomic mass is 32.2. The zero-order chi connectivity index (χ0) is 20.8. The zero-order valence-electron chi connectivity index (χ0n) is 17.3. The Balaban J connectivity index is 1.38. The zero-order valence-corrected chi connectivity index (χ0v) is 18.1. The molecular formula is C22H26N4O3S. The van der Waals surface area contributed by atoms with Gasteiger partial charge in [-0.15, -0.1) is 0 Å². The lowest BCUT2D eigenvalue weighted by Crippen LogP contribution is -2.44. The van der Waals surface area contributed by atoms with Gasteiger partial charge in [-0.2, -0.15) is 4.98 Å². The average molecular weight is 427 g/mol. The van der Waals surface area contributed by atoms with E-state index in [-0.39, 0.29) is 6.10 Å². The Hall–Kier alpha value is -2.26. The molecule has 3 heterocycles. The fraction of sp³-hybridized carbons (Fsp3) is 0.409. The number of fused-ring (bicyclic) bond motifs is 1. The number of aromatic nitrogens is 3. The number of hydrogen-bond acceptors (Lipinski definition) is 8. The van der Waals surface area contributed by atoms with E-state index >= 15 is 0 Å². The summed E-state index contributed by atoms with van der Waals surface area (Å²) in [5, 5.41) is 1.88. The SMILES string of the molecule is COCc1cc(OCC2CN(Cc3ccnc4ccccc34)CCO2)nc(SC)n1. The first kappa shape index (κ1) is 21.0. The van der Waals surface area contributed by atoms with Crippen molar-refractivity contribution in [2.75, 3.05) is 39.7 Å². The van der Waals surface area contributed by atoms with Crippen molar-refractivity contribution in [3.63, 3.8) is 0 Å². The molecule has 1 fully saturated rings. The van der Waals surface area contributed by atoms with Gasteiger partial charge in [0.05, 0.1) is 24.4 Å². The molecule has 1 saturated heterocycles. The second-order valence-electron chi connectivity index (χ2n) is 7.14. The Morgan fingerprint density at radius 2 is 2.13 bits per heavy atom. The van der Waals surface area contributed by atoms with E-state index in [9.17, 15) is 0 Å². The van der Waals surface area contributed by atoms with Gasteiger partial charge in [-0.3, -0.25) is 9.88 Å². The molecule has 1 atom stereocenters. The molecule has 7 nitrogen and oxygen atoms in total. The minimum Gasteiger partial charge on any atom is -0.475 e. The number of methoxy groups -OCH3 is 1. The van der Waals surface area contributed by atoms with Gasteiger partial charge in [0.25, 0.3) is 0 Å². The summed E-state index contributed by atoms with van der Waals surface area (Å²) in [6, 6.07) is 12.2. The van der Waals surface area contributed by atoms with Gasteiger partial charge >= 0.3 is 0 Å². The van der Waals surface area contributed by atoms with Gasteiger partial charge < -0.3 is 14.2 Å². The monoisotopic (exact) mass is 426 g/mol. The van der Waals surface area contributed by atoms with E-state index in [0.29, 0.717) is 30.9 Å². The third kappa shape index (κ3) is 5.26. The van der Waals surface area contributed by atoms with Crippen LogP contribution in [0.2, 0.25) is 0 Å². The molecule has 0 spiro atoms. The molecule has 0 amide bonds. The predicted molar refractivity (Wildman–Crippen MR) is 117 cm³/mol. The Morgan fingerprint density at radius 3 is 3.00 bits per heavy atom. The summed E-state index contributed by atoms with van der Waals surface area (Å²) in [6.45, 7) is 4.14. The summed E-state index contributed by atoms with van der Waals surface area (Å²) < 4.78 is 17.1. The van der Waals surface area contributed by atoms with Gasteiger partial charge in [0.2, 0.25) is 5.88 Å². The highest BCUT2D eigenvalue weighted by Crippen LogP contribution is 2.20. The van der Waals surface area contributed by atoms with Crippen molar-refractivity contribution in [3.8, 4) is 5.88 Å². The number of pyridine rings is 1. The molecule has 4 rings (SSSR count). The van der Waals surface area contributed by atoms with Crippen molar-refractivity contribution >= 4 is 22.7 Å². The number of morpholine rings is 1. The number of rotatable bonds is 8. The lowest BCUT2D eigenvalue weighted by atomic mass is 10.1. The van der Waals surface area contributed by atoms with E-state index < -0.39 is 0 Å². The molecular weight excluding hydrogens is 400 g/mol. The van der Waals surface area contributed by atoms with Crippen LogP contribution in [0.1, 0.15) is 11.3 Å². The molecule has 3 aromatic rings. The van der Waals surface area contributed by atoms with E-state index in [1.165, 1.54) is 22.7 Å². The van der Waals surface area contributed by atoms with Crippen LogP contribution in [0.25, 0.3) is 10.9 Å². The van der Waals surface area contributed by atoms with Crippen LogP contribution in [-0.4, -0.2) is 65.6 Å². The fourth-order valence-electron chi connectivity index (χ4n) is 3.57. The van der Waals surface area contributed by atoms with E-state index in [0.717, 1.165) is 30.8 Å². The van der Waals surface area contributed by atoms with Crippen LogP contribution in [-0.2, 0) is 22.6 Å². The normalized spacial score (nSPS) is 17.3. The van der Waals surface area contributed by atoms with Gasteiger partial charge in [-0.25, -0.2) is 4.98 Å². The van der Waals surface area contributed by atoms with Crippen molar-refractivity contribution in [1.29, 1.82) is 0 Å². The molecule has 1 aromatic carbocycles. The molecule has 0 bridgehead atoms. The first-order valence-electron chi connectivity index (χ1n) is 9.95. The van der Waals surface area contributed by atoms with Gasteiger partial charge in [0, 0.05) is 44.4 Å². The third-order valence-electron chi connectivity index (χ3n) is 4.98. The summed E-state index contributed by atoms with van der Waals surface area (Å²) in [7, 11) is 1.65. The highest BCUT2D eigenvalue weighted by molar-refractivity contribution is 7.98. The quantitative estimate of drug-likeness (QED) is 0.402. The Labute approximate surface area is 180 Å². The first-order valence-corrected chi connectivity index (χ1v) is 11.2. The van der Waals surface area contributed by atoms with Gasteiger partial charge in [0.15, 0.2) is 5.16 Å². The lowest BCUT2D eigenvalue weighted by Gasteiger charge is -2.33. The maximum Gasteiger partial charge on any atom is 0.217 e.